The standard InChI is InChI=1S/C12H15FN2O2/c13-9-3-4-10(14-7-9)11(16)15-8-12(17)5-1-2-6-12/h3-4,7,17H,1-2,5-6,8H2,(H,15,16). The first-order valence-corrected chi connectivity index (χ1v) is 5.71. The van der Waals surface area contributed by atoms with Crippen LogP contribution >= 0.6 is 0 Å². The Morgan fingerprint density at radius 2 is 2.18 bits per heavy atom. The second kappa shape index (κ2) is 4.79. The Morgan fingerprint density at radius 3 is 2.76 bits per heavy atom. The van der Waals surface area contributed by atoms with E-state index in [0.29, 0.717) is 12.8 Å². The molecule has 0 spiro atoms. The van der Waals surface area contributed by atoms with Crippen LogP contribution in [0.2, 0.25) is 0 Å². The number of hydrogen-bond donors (Lipinski definition) is 2. The number of pyridine rings is 1. The monoisotopic (exact) mass is 238 g/mol. The lowest BCUT2D eigenvalue weighted by Gasteiger charge is -2.22. The molecule has 0 aromatic carbocycles. The molecule has 0 aliphatic heterocycles. The molecule has 1 saturated carbocycles. The van der Waals surface area contributed by atoms with Crippen molar-refractivity contribution in [3.63, 3.8) is 0 Å². The topological polar surface area (TPSA) is 62.2 Å². The predicted molar refractivity (Wildman–Crippen MR) is 59.9 cm³/mol. The van der Waals surface area contributed by atoms with Gasteiger partial charge in [-0.1, -0.05) is 12.8 Å². The Balaban J connectivity index is 1.91. The van der Waals surface area contributed by atoms with E-state index >= 15 is 0 Å². The first-order chi connectivity index (χ1) is 8.09. The highest BCUT2D eigenvalue weighted by Gasteiger charge is 2.31. The normalized spacial score (nSPS) is 18.0. The highest BCUT2D eigenvalue weighted by molar-refractivity contribution is 5.92. The van der Waals surface area contributed by atoms with E-state index in [1.165, 1.54) is 12.1 Å². The van der Waals surface area contributed by atoms with Gasteiger partial charge < -0.3 is 10.4 Å². The summed E-state index contributed by atoms with van der Waals surface area (Å²) in [5.41, 5.74) is -0.622. The van der Waals surface area contributed by atoms with Gasteiger partial charge in [0.15, 0.2) is 0 Å². The van der Waals surface area contributed by atoms with Gasteiger partial charge in [-0.05, 0) is 25.0 Å². The van der Waals surface area contributed by atoms with Crippen LogP contribution in [0.25, 0.3) is 0 Å². The SMILES string of the molecule is O=C(NCC1(O)CCCC1)c1ccc(F)cn1. The number of rotatable bonds is 3. The molecule has 2 rings (SSSR count). The van der Waals surface area contributed by atoms with Crippen LogP contribution in [-0.2, 0) is 0 Å². The summed E-state index contributed by atoms with van der Waals surface area (Å²) < 4.78 is 12.6. The highest BCUT2D eigenvalue weighted by Crippen LogP contribution is 2.28. The summed E-state index contributed by atoms with van der Waals surface area (Å²) in [7, 11) is 0. The van der Waals surface area contributed by atoms with Crippen molar-refractivity contribution in [1.29, 1.82) is 0 Å². The Kier molecular flexibility index (Phi) is 3.38. The molecule has 1 amide bonds. The fourth-order valence-electron chi connectivity index (χ4n) is 2.06. The van der Waals surface area contributed by atoms with Crippen molar-refractivity contribution in [1.82, 2.24) is 10.3 Å². The molecule has 1 aliphatic rings. The third kappa shape index (κ3) is 3.00. The van der Waals surface area contributed by atoms with Gasteiger partial charge in [-0.15, -0.1) is 0 Å². The summed E-state index contributed by atoms with van der Waals surface area (Å²) in [6.45, 7) is 0.227. The zero-order chi connectivity index (χ0) is 12.3. The molecule has 1 heterocycles. The van der Waals surface area contributed by atoms with Gasteiger partial charge in [0.25, 0.3) is 5.91 Å². The Labute approximate surface area is 98.9 Å². The van der Waals surface area contributed by atoms with Gasteiger partial charge in [0.05, 0.1) is 11.8 Å². The Morgan fingerprint density at radius 1 is 1.47 bits per heavy atom. The summed E-state index contributed by atoms with van der Waals surface area (Å²) in [4.78, 5) is 15.3. The van der Waals surface area contributed by atoms with Crippen LogP contribution in [0.15, 0.2) is 18.3 Å². The largest absolute Gasteiger partial charge is 0.388 e. The molecule has 4 nitrogen and oxygen atoms in total. The Bertz CT molecular complexity index is 399. The van der Waals surface area contributed by atoms with E-state index in [1.807, 2.05) is 0 Å². The van der Waals surface area contributed by atoms with Crippen LogP contribution < -0.4 is 5.32 Å². The molecule has 17 heavy (non-hydrogen) atoms. The van der Waals surface area contributed by atoms with E-state index in [4.69, 9.17) is 0 Å². The Hall–Kier alpha value is -1.49. The van der Waals surface area contributed by atoms with E-state index in [2.05, 4.69) is 10.3 Å². The first kappa shape index (κ1) is 12.0. The van der Waals surface area contributed by atoms with Crippen molar-refractivity contribution in [2.45, 2.75) is 31.3 Å². The third-order valence-electron chi connectivity index (χ3n) is 3.07. The lowest BCUT2D eigenvalue weighted by Crippen LogP contribution is -2.41. The molecule has 1 aromatic rings. The van der Waals surface area contributed by atoms with Crippen LogP contribution in [0.1, 0.15) is 36.2 Å². The van der Waals surface area contributed by atoms with E-state index in [-0.39, 0.29) is 18.1 Å². The van der Waals surface area contributed by atoms with Gasteiger partial charge in [-0.25, -0.2) is 9.37 Å². The zero-order valence-corrected chi connectivity index (χ0v) is 9.45. The number of nitrogens with zero attached hydrogens (tertiary/aromatic N) is 1. The fraction of sp³-hybridized carbons (Fsp3) is 0.500. The minimum Gasteiger partial charge on any atom is -0.388 e. The van der Waals surface area contributed by atoms with E-state index in [9.17, 15) is 14.3 Å². The van der Waals surface area contributed by atoms with Crippen LogP contribution in [0.3, 0.4) is 0 Å². The molecule has 0 unspecified atom stereocenters. The molecule has 5 heteroatoms. The maximum Gasteiger partial charge on any atom is 0.269 e. The average Bonchev–Trinajstić information content (AvgIpc) is 2.75. The molecule has 2 N–H and O–H groups in total. The smallest absolute Gasteiger partial charge is 0.269 e. The van der Waals surface area contributed by atoms with Crippen molar-refractivity contribution >= 4 is 5.91 Å². The minimum absolute atomic E-state index is 0.160. The molecule has 1 aliphatic carbocycles. The van der Waals surface area contributed by atoms with E-state index in [1.54, 1.807) is 0 Å². The van der Waals surface area contributed by atoms with Gasteiger partial charge in [0, 0.05) is 6.54 Å². The number of amides is 1. The molecular formula is C12H15FN2O2. The minimum atomic E-state index is -0.782. The van der Waals surface area contributed by atoms with Crippen molar-refractivity contribution < 1.29 is 14.3 Å². The number of nitrogens with one attached hydrogen (secondary N) is 1. The van der Waals surface area contributed by atoms with Gasteiger partial charge in [0.1, 0.15) is 11.5 Å². The number of carbonyl (C=O) groups excluding carboxylic acids is 1. The van der Waals surface area contributed by atoms with Gasteiger partial charge in [-0.2, -0.15) is 0 Å². The molecule has 0 saturated heterocycles. The first-order valence-electron chi connectivity index (χ1n) is 5.71. The summed E-state index contributed by atoms with van der Waals surface area (Å²) in [5, 5.41) is 12.7. The molecule has 1 aromatic heterocycles. The summed E-state index contributed by atoms with van der Waals surface area (Å²) in [6, 6.07) is 2.51. The van der Waals surface area contributed by atoms with Crippen LogP contribution in [0, 0.1) is 5.82 Å². The van der Waals surface area contributed by atoms with Gasteiger partial charge >= 0.3 is 0 Å². The van der Waals surface area contributed by atoms with Crippen LogP contribution in [0.4, 0.5) is 4.39 Å². The number of aromatic nitrogens is 1. The number of hydrogen-bond acceptors (Lipinski definition) is 3. The molecule has 0 radical (unpaired) electrons. The quantitative estimate of drug-likeness (QED) is 0.833. The van der Waals surface area contributed by atoms with Crippen LogP contribution in [-0.4, -0.2) is 28.1 Å². The van der Waals surface area contributed by atoms with Crippen molar-refractivity contribution in [2.24, 2.45) is 0 Å². The molecule has 0 bridgehead atoms. The zero-order valence-electron chi connectivity index (χ0n) is 9.45. The molecule has 92 valence electrons. The molecule has 1 fully saturated rings. The molecular weight excluding hydrogens is 223 g/mol. The van der Waals surface area contributed by atoms with Crippen molar-refractivity contribution in [3.8, 4) is 0 Å². The fourth-order valence-corrected chi connectivity index (χ4v) is 2.06. The number of halogens is 1. The second-order valence-electron chi connectivity index (χ2n) is 4.48. The van der Waals surface area contributed by atoms with Crippen molar-refractivity contribution in [3.05, 3.63) is 29.8 Å². The van der Waals surface area contributed by atoms with E-state index in [0.717, 1.165) is 19.0 Å². The van der Waals surface area contributed by atoms with Gasteiger partial charge in [-0.3, -0.25) is 4.79 Å². The summed E-state index contributed by atoms with van der Waals surface area (Å²) in [5.74, 6) is -0.860. The number of aliphatic hydroxyl groups is 1. The maximum absolute atomic E-state index is 12.6. The summed E-state index contributed by atoms with van der Waals surface area (Å²) >= 11 is 0. The van der Waals surface area contributed by atoms with Crippen LogP contribution in [0.5, 0.6) is 0 Å². The molecule has 0 atom stereocenters. The average molecular weight is 238 g/mol. The predicted octanol–water partition coefficient (Wildman–Crippen LogP) is 1.26. The summed E-state index contributed by atoms with van der Waals surface area (Å²) in [6.07, 6.45) is 4.40. The van der Waals surface area contributed by atoms with Gasteiger partial charge in [0.2, 0.25) is 0 Å². The second-order valence-corrected chi connectivity index (χ2v) is 4.48. The van der Waals surface area contributed by atoms with E-state index < -0.39 is 11.4 Å². The third-order valence-corrected chi connectivity index (χ3v) is 3.07. The lowest BCUT2D eigenvalue weighted by molar-refractivity contribution is 0.0448. The number of carbonyl (C=O) groups is 1. The lowest BCUT2D eigenvalue weighted by atomic mass is 10.0. The van der Waals surface area contributed by atoms with Crippen molar-refractivity contribution in [2.75, 3.05) is 6.54 Å². The highest BCUT2D eigenvalue weighted by atomic mass is 19.1. The maximum atomic E-state index is 12.6.